The highest BCUT2D eigenvalue weighted by Crippen LogP contribution is 2.34. The van der Waals surface area contributed by atoms with Gasteiger partial charge in [0.2, 0.25) is 0 Å². The van der Waals surface area contributed by atoms with Gasteiger partial charge < -0.3 is 19.3 Å². The summed E-state index contributed by atoms with van der Waals surface area (Å²) < 4.78 is 17.7. The second kappa shape index (κ2) is 11.3. The molecule has 2 rings (SSSR count). The fourth-order valence-corrected chi connectivity index (χ4v) is 3.60. The molecule has 0 fully saturated rings. The van der Waals surface area contributed by atoms with Crippen LogP contribution >= 0.6 is 0 Å². The van der Waals surface area contributed by atoms with Gasteiger partial charge in [-0.2, -0.15) is 0 Å². The van der Waals surface area contributed by atoms with Crippen LogP contribution in [-0.2, 0) is 16.1 Å². The first-order valence-corrected chi connectivity index (χ1v) is 10.3. The van der Waals surface area contributed by atoms with Crippen molar-refractivity contribution in [3.05, 3.63) is 66.2 Å². The van der Waals surface area contributed by atoms with E-state index in [0.29, 0.717) is 26.4 Å². The Kier molecular flexibility index (Phi) is 9.15. The third kappa shape index (κ3) is 9.44. The van der Waals surface area contributed by atoms with Crippen molar-refractivity contribution in [3.8, 4) is 5.75 Å². The molecular weight excluding hydrogens is 364 g/mol. The Hall–Kier alpha value is -1.88. The average Bonchev–Trinajstić information content (AvgIpc) is 2.70. The zero-order valence-corrected chi connectivity index (χ0v) is 18.3. The molecule has 0 saturated carbocycles. The first kappa shape index (κ1) is 23.4. The number of aliphatic hydroxyl groups is 1. The normalized spacial score (nSPS) is 13.3. The van der Waals surface area contributed by atoms with Gasteiger partial charge >= 0.3 is 0 Å². The smallest absolute Gasteiger partial charge is 0.119 e. The lowest BCUT2D eigenvalue weighted by Gasteiger charge is -2.35. The number of hydrogen-bond acceptors (Lipinski definition) is 4. The molecule has 0 saturated heterocycles. The summed E-state index contributed by atoms with van der Waals surface area (Å²) in [7, 11) is 0. The lowest BCUT2D eigenvalue weighted by Crippen LogP contribution is -2.33. The summed E-state index contributed by atoms with van der Waals surface area (Å²) in [6.45, 7) is 10.9. The number of hydrogen-bond donors (Lipinski definition) is 1. The van der Waals surface area contributed by atoms with Crippen molar-refractivity contribution >= 4 is 0 Å². The van der Waals surface area contributed by atoms with E-state index in [1.54, 1.807) is 0 Å². The fraction of sp³-hybridized carbons (Fsp3) is 0.520. The van der Waals surface area contributed by atoms with Gasteiger partial charge in [-0.1, -0.05) is 76.2 Å². The van der Waals surface area contributed by atoms with E-state index in [9.17, 15) is 5.11 Å². The summed E-state index contributed by atoms with van der Waals surface area (Å²) in [5, 5.41) is 9.58. The number of benzene rings is 2. The van der Waals surface area contributed by atoms with Gasteiger partial charge in [-0.3, -0.25) is 0 Å². The van der Waals surface area contributed by atoms with Crippen molar-refractivity contribution in [3.63, 3.8) is 0 Å². The van der Waals surface area contributed by atoms with Gasteiger partial charge in [0, 0.05) is 0 Å². The molecular formula is C25H36O4. The molecule has 29 heavy (non-hydrogen) atoms. The van der Waals surface area contributed by atoms with Gasteiger partial charge in [-0.05, 0) is 34.9 Å². The minimum absolute atomic E-state index is 0.0109. The minimum atomic E-state index is -0.319. The molecule has 0 bridgehead atoms. The molecule has 1 unspecified atom stereocenters. The number of aliphatic hydroxyl groups excluding tert-OH is 1. The first-order valence-electron chi connectivity index (χ1n) is 10.3. The van der Waals surface area contributed by atoms with Crippen LogP contribution in [0.1, 0.15) is 39.7 Å². The molecule has 4 heteroatoms. The molecule has 1 N–H and O–H groups in total. The Morgan fingerprint density at radius 1 is 0.828 bits per heavy atom. The van der Waals surface area contributed by atoms with Crippen LogP contribution < -0.4 is 4.74 Å². The van der Waals surface area contributed by atoms with E-state index in [0.717, 1.165) is 17.7 Å². The molecule has 0 aromatic heterocycles. The molecule has 1 atom stereocenters. The highest BCUT2D eigenvalue weighted by atomic mass is 16.5. The van der Waals surface area contributed by atoms with Gasteiger partial charge in [0.25, 0.3) is 0 Å². The molecule has 0 aliphatic heterocycles. The molecule has 160 valence electrons. The van der Waals surface area contributed by atoms with Crippen LogP contribution in [-0.4, -0.2) is 37.6 Å². The third-order valence-corrected chi connectivity index (χ3v) is 4.66. The number of ether oxygens (including phenoxy) is 3. The molecule has 2 aromatic rings. The number of para-hydroxylation sites is 1. The summed E-state index contributed by atoms with van der Waals surface area (Å²) in [6, 6.07) is 19.9. The predicted molar refractivity (Wildman–Crippen MR) is 117 cm³/mol. The van der Waals surface area contributed by atoms with Crippen molar-refractivity contribution in [2.75, 3.05) is 26.4 Å². The van der Waals surface area contributed by atoms with E-state index >= 15 is 0 Å². The lowest BCUT2D eigenvalue weighted by molar-refractivity contribution is -0.0674. The predicted octanol–water partition coefficient (Wildman–Crippen LogP) is 5.10. The first-order chi connectivity index (χ1) is 13.8. The second-order valence-corrected chi connectivity index (χ2v) is 9.22. The van der Waals surface area contributed by atoms with Gasteiger partial charge in [0.15, 0.2) is 0 Å². The maximum atomic E-state index is 9.58. The Morgan fingerprint density at radius 2 is 1.41 bits per heavy atom. The van der Waals surface area contributed by atoms with Crippen molar-refractivity contribution in [2.24, 2.45) is 10.8 Å². The van der Waals surface area contributed by atoms with Crippen molar-refractivity contribution < 1.29 is 19.3 Å². The number of rotatable bonds is 13. The Morgan fingerprint density at radius 3 is 2.03 bits per heavy atom. The van der Waals surface area contributed by atoms with E-state index < -0.39 is 0 Å². The SMILES string of the molecule is CC(C)(COCC(CO)OCc1ccccc1)CC(C)(C)COc1ccccc1. The summed E-state index contributed by atoms with van der Waals surface area (Å²) in [5.41, 5.74) is 1.10. The van der Waals surface area contributed by atoms with E-state index in [-0.39, 0.29) is 23.5 Å². The van der Waals surface area contributed by atoms with Crippen LogP contribution in [0.15, 0.2) is 60.7 Å². The molecule has 0 spiro atoms. The van der Waals surface area contributed by atoms with Crippen molar-refractivity contribution in [2.45, 2.75) is 46.8 Å². The van der Waals surface area contributed by atoms with Gasteiger partial charge in [0.1, 0.15) is 11.9 Å². The van der Waals surface area contributed by atoms with E-state index in [1.165, 1.54) is 0 Å². The van der Waals surface area contributed by atoms with Crippen LogP contribution in [0, 0.1) is 10.8 Å². The van der Waals surface area contributed by atoms with Crippen molar-refractivity contribution in [1.82, 2.24) is 0 Å². The Bertz CT molecular complexity index is 682. The Balaban J connectivity index is 1.72. The van der Waals surface area contributed by atoms with Gasteiger partial charge in [-0.25, -0.2) is 0 Å². The molecule has 2 aromatic carbocycles. The van der Waals surface area contributed by atoms with Crippen LogP contribution in [0.4, 0.5) is 0 Å². The average molecular weight is 401 g/mol. The molecule has 0 heterocycles. The third-order valence-electron chi connectivity index (χ3n) is 4.66. The molecule has 4 nitrogen and oxygen atoms in total. The fourth-order valence-electron chi connectivity index (χ4n) is 3.60. The van der Waals surface area contributed by atoms with Gasteiger partial charge in [0.05, 0.1) is 33.0 Å². The summed E-state index contributed by atoms with van der Waals surface area (Å²) >= 11 is 0. The van der Waals surface area contributed by atoms with Crippen molar-refractivity contribution in [1.29, 1.82) is 0 Å². The quantitative estimate of drug-likeness (QED) is 0.508. The van der Waals surface area contributed by atoms with E-state index in [1.807, 2.05) is 60.7 Å². The van der Waals surface area contributed by atoms with Crippen LogP contribution in [0.25, 0.3) is 0 Å². The zero-order valence-electron chi connectivity index (χ0n) is 18.3. The maximum Gasteiger partial charge on any atom is 0.119 e. The van der Waals surface area contributed by atoms with Crippen LogP contribution in [0.3, 0.4) is 0 Å². The second-order valence-electron chi connectivity index (χ2n) is 9.22. The van der Waals surface area contributed by atoms with Gasteiger partial charge in [-0.15, -0.1) is 0 Å². The van der Waals surface area contributed by atoms with Crippen LogP contribution in [0.2, 0.25) is 0 Å². The molecule has 0 amide bonds. The summed E-state index contributed by atoms with van der Waals surface area (Å²) in [6.07, 6.45) is 0.641. The van der Waals surface area contributed by atoms with E-state index in [2.05, 4.69) is 27.7 Å². The minimum Gasteiger partial charge on any atom is -0.493 e. The molecule has 0 radical (unpaired) electrons. The molecule has 0 aliphatic carbocycles. The van der Waals surface area contributed by atoms with Crippen LogP contribution in [0.5, 0.6) is 5.75 Å². The standard InChI is InChI=1S/C25H36O4/c1-24(2,18-25(3,4)20-29-22-13-9-6-10-14-22)19-27-17-23(15-26)28-16-21-11-7-5-8-12-21/h5-14,23,26H,15-20H2,1-4H3. The summed E-state index contributed by atoms with van der Waals surface area (Å²) in [4.78, 5) is 0. The largest absolute Gasteiger partial charge is 0.493 e. The highest BCUT2D eigenvalue weighted by molar-refractivity contribution is 5.21. The topological polar surface area (TPSA) is 47.9 Å². The van der Waals surface area contributed by atoms with E-state index in [4.69, 9.17) is 14.2 Å². The Labute approximate surface area is 175 Å². The zero-order chi connectivity index (χ0) is 21.2. The summed E-state index contributed by atoms with van der Waals surface area (Å²) in [5.74, 6) is 0.899. The maximum absolute atomic E-state index is 9.58. The lowest BCUT2D eigenvalue weighted by atomic mass is 9.76. The molecule has 0 aliphatic rings. The highest BCUT2D eigenvalue weighted by Gasteiger charge is 2.30. The monoisotopic (exact) mass is 400 g/mol.